The summed E-state index contributed by atoms with van der Waals surface area (Å²) in [6, 6.07) is 7.93. The second-order valence-corrected chi connectivity index (χ2v) is 7.21. The first-order valence-electron chi connectivity index (χ1n) is 8.39. The van der Waals surface area contributed by atoms with Crippen LogP contribution in [0.25, 0.3) is 0 Å². The van der Waals surface area contributed by atoms with Gasteiger partial charge in [0.05, 0.1) is 14.2 Å². The summed E-state index contributed by atoms with van der Waals surface area (Å²) in [5.41, 5.74) is 2.28. The van der Waals surface area contributed by atoms with Crippen LogP contribution in [-0.4, -0.2) is 25.3 Å². The molecule has 0 aromatic heterocycles. The van der Waals surface area contributed by atoms with Gasteiger partial charge in [-0.05, 0) is 50.1 Å². The van der Waals surface area contributed by atoms with Crippen molar-refractivity contribution in [3.05, 3.63) is 64.5 Å². The molecule has 6 heteroatoms. The van der Waals surface area contributed by atoms with Crippen molar-refractivity contribution < 1.29 is 23.8 Å². The molecule has 0 atom stereocenters. The minimum Gasteiger partial charge on any atom is -0.507 e. The van der Waals surface area contributed by atoms with Gasteiger partial charge in [-0.3, -0.25) is 0 Å². The Balaban J connectivity index is 2.46. The fourth-order valence-electron chi connectivity index (χ4n) is 2.58. The molecule has 0 saturated carbocycles. The number of esters is 1. The Bertz CT molecular complexity index is 858. The molecule has 0 bridgehead atoms. The number of aromatic hydroxyl groups is 1. The maximum absolute atomic E-state index is 13.4. The molecule has 0 aliphatic heterocycles. The second kappa shape index (κ2) is 9.46. The van der Waals surface area contributed by atoms with Crippen LogP contribution in [0.15, 0.2) is 46.9 Å². The van der Waals surface area contributed by atoms with Crippen molar-refractivity contribution in [2.45, 2.75) is 30.9 Å². The van der Waals surface area contributed by atoms with E-state index in [1.165, 1.54) is 38.1 Å². The number of thioether (sulfide) groups is 1. The molecule has 0 aliphatic rings. The van der Waals surface area contributed by atoms with E-state index in [4.69, 9.17) is 9.47 Å². The number of hydrogen-bond donors (Lipinski definition) is 1. The van der Waals surface area contributed by atoms with Gasteiger partial charge in [0.25, 0.3) is 0 Å². The number of phenols is 1. The molecule has 144 valence electrons. The number of rotatable bonds is 7. The highest BCUT2D eigenvalue weighted by molar-refractivity contribution is 7.98. The normalized spacial score (nSPS) is 10.4. The van der Waals surface area contributed by atoms with Gasteiger partial charge in [-0.15, -0.1) is 11.8 Å². The lowest BCUT2D eigenvalue weighted by molar-refractivity contribution is 0.0596. The van der Waals surface area contributed by atoms with Gasteiger partial charge in [0.1, 0.15) is 22.9 Å². The number of allylic oxidation sites excluding steroid dienone is 2. The van der Waals surface area contributed by atoms with Crippen LogP contribution < -0.4 is 4.74 Å². The van der Waals surface area contributed by atoms with Crippen LogP contribution >= 0.6 is 11.8 Å². The molecule has 2 rings (SSSR count). The predicted octanol–water partition coefficient (Wildman–Crippen LogP) is 5.13. The molecule has 4 nitrogen and oxygen atoms in total. The SMILES string of the molecule is COC(=O)c1c(CSc2cccc(F)c2)cc(OC)c(CC=C(C)C)c1O. The number of phenolic OH excluding ortho intramolecular Hbond substituents is 1. The lowest BCUT2D eigenvalue weighted by atomic mass is 9.99. The summed E-state index contributed by atoms with van der Waals surface area (Å²) in [5, 5.41) is 10.8. The van der Waals surface area contributed by atoms with Crippen molar-refractivity contribution in [3.63, 3.8) is 0 Å². The molecular weight excluding hydrogens is 367 g/mol. The van der Waals surface area contributed by atoms with Gasteiger partial charge in [0, 0.05) is 16.2 Å². The minimum atomic E-state index is -0.622. The Morgan fingerprint density at radius 2 is 2.00 bits per heavy atom. The largest absolute Gasteiger partial charge is 0.507 e. The summed E-state index contributed by atoms with van der Waals surface area (Å²) in [5.74, 6) is -0.254. The molecular formula is C21H23FO4S. The minimum absolute atomic E-state index is 0.111. The third kappa shape index (κ3) is 5.26. The lowest BCUT2D eigenvalue weighted by Crippen LogP contribution is -2.08. The maximum Gasteiger partial charge on any atom is 0.341 e. The predicted molar refractivity (Wildman–Crippen MR) is 105 cm³/mol. The van der Waals surface area contributed by atoms with Crippen molar-refractivity contribution in [3.8, 4) is 11.5 Å². The third-order valence-electron chi connectivity index (χ3n) is 3.96. The van der Waals surface area contributed by atoms with Crippen molar-refractivity contribution in [1.29, 1.82) is 0 Å². The van der Waals surface area contributed by atoms with Gasteiger partial charge >= 0.3 is 5.97 Å². The monoisotopic (exact) mass is 390 g/mol. The van der Waals surface area contributed by atoms with Crippen LogP contribution in [0.1, 0.15) is 35.3 Å². The zero-order valence-corrected chi connectivity index (χ0v) is 16.7. The van der Waals surface area contributed by atoms with E-state index >= 15 is 0 Å². The lowest BCUT2D eigenvalue weighted by Gasteiger charge is -2.17. The van der Waals surface area contributed by atoms with E-state index in [0.717, 1.165) is 10.5 Å². The van der Waals surface area contributed by atoms with Crippen molar-refractivity contribution >= 4 is 17.7 Å². The molecule has 0 spiro atoms. The van der Waals surface area contributed by atoms with Crippen LogP contribution in [0, 0.1) is 5.82 Å². The van der Waals surface area contributed by atoms with Gasteiger partial charge in [0.15, 0.2) is 0 Å². The fraction of sp³-hybridized carbons (Fsp3) is 0.286. The van der Waals surface area contributed by atoms with E-state index in [-0.39, 0.29) is 17.1 Å². The Morgan fingerprint density at radius 1 is 1.26 bits per heavy atom. The Labute approximate surface area is 163 Å². The first-order chi connectivity index (χ1) is 12.9. The number of hydrogen-bond acceptors (Lipinski definition) is 5. The number of benzene rings is 2. The van der Waals surface area contributed by atoms with Crippen molar-refractivity contribution in [1.82, 2.24) is 0 Å². The zero-order valence-electron chi connectivity index (χ0n) is 15.8. The Hall–Kier alpha value is -2.47. The van der Waals surface area contributed by atoms with E-state index in [1.807, 2.05) is 19.9 Å². The van der Waals surface area contributed by atoms with E-state index in [9.17, 15) is 14.3 Å². The highest BCUT2D eigenvalue weighted by atomic mass is 32.2. The average Bonchev–Trinajstić information content (AvgIpc) is 2.64. The molecule has 2 aromatic rings. The molecule has 0 radical (unpaired) electrons. The summed E-state index contributed by atoms with van der Waals surface area (Å²) in [6.07, 6.45) is 2.37. The zero-order chi connectivity index (χ0) is 20.0. The first-order valence-corrected chi connectivity index (χ1v) is 9.37. The average molecular weight is 390 g/mol. The number of carbonyl (C=O) groups is 1. The molecule has 0 saturated heterocycles. The van der Waals surface area contributed by atoms with Crippen LogP contribution in [0.4, 0.5) is 4.39 Å². The summed E-state index contributed by atoms with van der Waals surface area (Å²) in [7, 11) is 2.79. The fourth-order valence-corrected chi connectivity index (χ4v) is 3.50. The van der Waals surface area contributed by atoms with E-state index in [1.54, 1.807) is 18.2 Å². The van der Waals surface area contributed by atoms with E-state index < -0.39 is 5.97 Å². The molecule has 0 unspecified atom stereocenters. The highest BCUT2D eigenvalue weighted by Gasteiger charge is 2.23. The first kappa shape index (κ1) is 20.8. The second-order valence-electron chi connectivity index (χ2n) is 6.16. The number of carbonyl (C=O) groups excluding carboxylic acids is 1. The molecule has 0 amide bonds. The molecule has 0 fully saturated rings. The van der Waals surface area contributed by atoms with Crippen LogP contribution in [-0.2, 0) is 16.9 Å². The number of methoxy groups -OCH3 is 2. The summed E-state index contributed by atoms with van der Waals surface area (Å²) in [6.45, 7) is 3.91. The van der Waals surface area contributed by atoms with Gasteiger partial charge < -0.3 is 14.6 Å². The van der Waals surface area contributed by atoms with Crippen molar-refractivity contribution in [2.24, 2.45) is 0 Å². The topological polar surface area (TPSA) is 55.8 Å². The summed E-state index contributed by atoms with van der Waals surface area (Å²) in [4.78, 5) is 13.0. The van der Waals surface area contributed by atoms with Crippen LogP contribution in [0.3, 0.4) is 0 Å². The quantitative estimate of drug-likeness (QED) is 0.404. The maximum atomic E-state index is 13.4. The standard InChI is InChI=1S/C21H23FO4S/c1-13(2)8-9-17-18(25-3)10-14(19(20(17)23)21(24)26-4)12-27-16-7-5-6-15(22)11-16/h5-8,10-11,23H,9,12H2,1-4H3. The highest BCUT2D eigenvalue weighted by Crippen LogP contribution is 2.38. The molecule has 0 aliphatic carbocycles. The number of halogens is 1. The molecule has 27 heavy (non-hydrogen) atoms. The van der Waals surface area contributed by atoms with Gasteiger partial charge in [-0.1, -0.05) is 17.7 Å². The Kier molecular flexibility index (Phi) is 7.30. The summed E-state index contributed by atoms with van der Waals surface area (Å²) >= 11 is 1.36. The van der Waals surface area contributed by atoms with Crippen LogP contribution in [0.2, 0.25) is 0 Å². The molecule has 0 heterocycles. The summed E-state index contributed by atoms with van der Waals surface area (Å²) < 4.78 is 23.7. The van der Waals surface area contributed by atoms with Gasteiger partial charge in [-0.25, -0.2) is 9.18 Å². The third-order valence-corrected chi connectivity index (χ3v) is 5.00. The van der Waals surface area contributed by atoms with Gasteiger partial charge in [0.2, 0.25) is 0 Å². The number of ether oxygens (including phenoxy) is 2. The Morgan fingerprint density at radius 3 is 2.59 bits per heavy atom. The van der Waals surface area contributed by atoms with E-state index in [0.29, 0.717) is 29.1 Å². The van der Waals surface area contributed by atoms with Gasteiger partial charge in [-0.2, -0.15) is 0 Å². The van der Waals surface area contributed by atoms with E-state index in [2.05, 4.69) is 0 Å². The van der Waals surface area contributed by atoms with Crippen LogP contribution in [0.5, 0.6) is 11.5 Å². The molecule has 2 aromatic carbocycles. The smallest absolute Gasteiger partial charge is 0.341 e. The van der Waals surface area contributed by atoms with Crippen molar-refractivity contribution in [2.75, 3.05) is 14.2 Å². The molecule has 1 N–H and O–H groups in total.